The fraction of sp³-hybridized carbons (Fsp3) is 0. The summed E-state index contributed by atoms with van der Waals surface area (Å²) in [4.78, 5) is 0. The number of halogens is 3. The average molecular weight is 328 g/mol. The number of hydrogen-bond acceptors (Lipinski definition) is 0. The first-order chi connectivity index (χ1) is 11.2. The van der Waals surface area contributed by atoms with E-state index in [0.717, 1.165) is 0 Å². The van der Waals surface area contributed by atoms with Crippen LogP contribution in [0.3, 0.4) is 0 Å². The Morgan fingerprint density at radius 2 is 0.696 bits per heavy atom. The van der Waals surface area contributed by atoms with E-state index in [1.54, 1.807) is 0 Å². The summed E-state index contributed by atoms with van der Waals surface area (Å²) in [6.07, 6.45) is 0. The summed E-state index contributed by atoms with van der Waals surface area (Å²) < 4.78 is 28.8. The molecule has 3 rings (SSSR count). The zero-order valence-corrected chi connectivity index (χ0v) is 13.3. The van der Waals surface area contributed by atoms with E-state index in [0.29, 0.717) is 0 Å². The minimum Gasteiger partial charge on any atom is -0.162 e. The molecule has 0 fully saturated rings. The van der Waals surface area contributed by atoms with E-state index in [1.165, 1.54) is 15.6 Å². The van der Waals surface area contributed by atoms with Crippen molar-refractivity contribution in [2.45, 2.75) is 0 Å². The van der Waals surface area contributed by atoms with Crippen molar-refractivity contribution >= 4 is 24.4 Å². The Morgan fingerprint density at radius 3 is 0.913 bits per heavy atom. The van der Waals surface area contributed by atoms with Crippen molar-refractivity contribution in [3.63, 3.8) is 0 Å². The van der Waals surface area contributed by atoms with E-state index in [9.17, 15) is 13.2 Å². The molecule has 0 aliphatic carbocycles. The zero-order chi connectivity index (χ0) is 16.5. The zero-order valence-electron chi connectivity index (χ0n) is 12.3. The van der Waals surface area contributed by atoms with E-state index in [-0.39, 0.29) is 0 Å². The third-order valence-corrected chi connectivity index (χ3v) is 5.92. The van der Waals surface area contributed by atoms with Crippen LogP contribution < -0.4 is 15.6 Å². The van der Waals surface area contributed by atoms with Crippen molar-refractivity contribution in [3.8, 4) is 0 Å². The monoisotopic (exact) mass is 328 g/mol. The molecular weight excluding hydrogens is 313 g/mol. The van der Waals surface area contributed by atoms with Gasteiger partial charge in [0.2, 0.25) is 0 Å². The molecule has 3 aromatic carbocycles. The van der Waals surface area contributed by atoms with Crippen LogP contribution in [0.15, 0.2) is 91.0 Å². The lowest BCUT2D eigenvalue weighted by molar-refractivity contribution is 0.142. The Kier molecular flexibility index (Phi) is 6.63. The van der Waals surface area contributed by atoms with Crippen molar-refractivity contribution in [1.29, 1.82) is 0 Å². The van der Waals surface area contributed by atoms with E-state index in [1.807, 2.05) is 0 Å². The van der Waals surface area contributed by atoms with Crippen LogP contribution >= 0.6 is 0 Å². The second kappa shape index (κ2) is 8.95. The lowest BCUT2D eigenvalue weighted by Gasteiger charge is -2.16. The molecule has 23 heavy (non-hydrogen) atoms. The van der Waals surface area contributed by atoms with Gasteiger partial charge in [-0.25, -0.2) is 0 Å². The largest absolute Gasteiger partial charge is 0.487 e. The van der Waals surface area contributed by atoms with Crippen LogP contribution in [-0.2, 0) is 0 Å². The topological polar surface area (TPSA) is 0 Å². The smallest absolute Gasteiger partial charge is 0.162 e. The Balaban J connectivity index is 0.000000433. The van der Waals surface area contributed by atoms with Gasteiger partial charge in [-0.3, -0.25) is 0 Å². The molecule has 0 N–H and O–H groups in total. The fourth-order valence-corrected chi connectivity index (χ4v) is 4.89. The normalized spacial score (nSPS) is 10.3. The molecule has 0 heterocycles. The highest BCUT2D eigenvalue weighted by molar-refractivity contribution is 6.95. The molecule has 0 amide bonds. The highest BCUT2D eigenvalue weighted by Gasteiger charge is 2.18. The van der Waals surface area contributed by atoms with Crippen LogP contribution in [-0.4, -0.2) is 8.80 Å². The SMILES string of the molecule is F[C](F)F.c1ccc([Si](c2ccccc2)c2ccccc2)cc1. The second-order valence-electron chi connectivity index (χ2n) is 4.69. The molecule has 0 aromatic heterocycles. The summed E-state index contributed by atoms with van der Waals surface area (Å²) in [5.41, 5.74) is 0. The van der Waals surface area contributed by atoms with Gasteiger partial charge in [0.15, 0.2) is 8.80 Å². The number of benzene rings is 3. The first-order valence-electron chi connectivity index (χ1n) is 7.05. The Morgan fingerprint density at radius 1 is 0.478 bits per heavy atom. The van der Waals surface area contributed by atoms with Gasteiger partial charge in [-0.2, -0.15) is 13.2 Å². The van der Waals surface area contributed by atoms with E-state index < -0.39 is 15.5 Å². The third kappa shape index (κ3) is 5.42. The van der Waals surface area contributed by atoms with Gasteiger partial charge in [-0.05, 0) is 0 Å². The molecule has 0 nitrogen and oxygen atoms in total. The summed E-state index contributed by atoms with van der Waals surface area (Å²) in [6.45, 7) is -3.08. The molecule has 0 aliphatic rings. The minimum absolute atomic E-state index is 0.877. The predicted molar refractivity (Wildman–Crippen MR) is 90.5 cm³/mol. The highest BCUT2D eigenvalue weighted by Crippen LogP contribution is 1.99. The van der Waals surface area contributed by atoms with Crippen molar-refractivity contribution < 1.29 is 13.2 Å². The molecule has 4 heteroatoms. The van der Waals surface area contributed by atoms with E-state index >= 15 is 0 Å². The number of hydrogen-bond donors (Lipinski definition) is 0. The fourth-order valence-electron chi connectivity index (χ4n) is 2.31. The maximum absolute atomic E-state index is 9.58. The van der Waals surface area contributed by atoms with Crippen molar-refractivity contribution in [1.82, 2.24) is 0 Å². The third-order valence-electron chi connectivity index (χ3n) is 3.19. The summed E-state index contributed by atoms with van der Waals surface area (Å²) in [5.74, 6) is 0. The van der Waals surface area contributed by atoms with Crippen LogP contribution in [0, 0.1) is 6.68 Å². The van der Waals surface area contributed by atoms with Gasteiger partial charge in [0, 0.05) is 0 Å². The van der Waals surface area contributed by atoms with Crippen LogP contribution in [0.25, 0.3) is 0 Å². The number of rotatable bonds is 3. The Hall–Kier alpha value is -2.33. The molecule has 0 saturated heterocycles. The van der Waals surface area contributed by atoms with Crippen LogP contribution in [0.2, 0.25) is 0 Å². The molecular formula is C19H15F3Si. The van der Waals surface area contributed by atoms with Gasteiger partial charge in [0.05, 0.1) is 0 Å². The molecule has 2 radical (unpaired) electrons. The summed E-state index contributed by atoms with van der Waals surface area (Å²) in [6, 6.07) is 32.5. The van der Waals surface area contributed by atoms with E-state index in [4.69, 9.17) is 0 Å². The lowest BCUT2D eigenvalue weighted by Crippen LogP contribution is -2.51. The quantitative estimate of drug-likeness (QED) is 0.509. The summed E-state index contributed by atoms with van der Waals surface area (Å²) in [7, 11) is -0.877. The van der Waals surface area contributed by atoms with Crippen LogP contribution in [0.1, 0.15) is 0 Å². The molecule has 0 bridgehead atoms. The van der Waals surface area contributed by atoms with Crippen molar-refractivity contribution in [2.24, 2.45) is 0 Å². The first-order valence-corrected chi connectivity index (χ1v) is 8.55. The van der Waals surface area contributed by atoms with Crippen molar-refractivity contribution in [3.05, 3.63) is 97.7 Å². The standard InChI is InChI=1S/C18H15Si.CF3/c1-4-10-16(11-5-1)19(17-12-6-2-7-13-17)18-14-8-3-9-15-18;2-1(3)4/h1-15H;. The second-order valence-corrected chi connectivity index (χ2v) is 7.17. The maximum atomic E-state index is 9.58. The minimum atomic E-state index is -3.08. The highest BCUT2D eigenvalue weighted by atomic mass is 28.3. The van der Waals surface area contributed by atoms with Crippen LogP contribution in [0.5, 0.6) is 0 Å². The lowest BCUT2D eigenvalue weighted by atomic mass is 10.3. The molecule has 0 unspecified atom stereocenters. The summed E-state index contributed by atoms with van der Waals surface area (Å²) >= 11 is 0. The molecule has 116 valence electrons. The van der Waals surface area contributed by atoms with Gasteiger partial charge in [0.25, 0.3) is 0 Å². The van der Waals surface area contributed by atoms with Gasteiger partial charge in [-0.15, -0.1) is 0 Å². The van der Waals surface area contributed by atoms with E-state index in [2.05, 4.69) is 91.0 Å². The van der Waals surface area contributed by atoms with Gasteiger partial charge >= 0.3 is 6.68 Å². The molecule has 0 aliphatic heterocycles. The molecule has 0 atom stereocenters. The first kappa shape index (κ1) is 17.0. The van der Waals surface area contributed by atoms with Gasteiger partial charge in [0.1, 0.15) is 0 Å². The maximum Gasteiger partial charge on any atom is 0.487 e. The predicted octanol–water partition coefficient (Wildman–Crippen LogP) is 3.54. The van der Waals surface area contributed by atoms with Crippen LogP contribution in [0.4, 0.5) is 13.2 Å². The van der Waals surface area contributed by atoms with Crippen molar-refractivity contribution in [2.75, 3.05) is 0 Å². The van der Waals surface area contributed by atoms with Gasteiger partial charge in [-0.1, -0.05) is 107 Å². The summed E-state index contributed by atoms with van der Waals surface area (Å²) in [5, 5.41) is 4.31. The Bertz CT molecular complexity index is 576. The molecule has 0 spiro atoms. The Labute approximate surface area is 135 Å². The molecule has 3 aromatic rings. The molecule has 0 saturated carbocycles. The van der Waals surface area contributed by atoms with Gasteiger partial charge < -0.3 is 0 Å². The average Bonchev–Trinajstić information content (AvgIpc) is 2.58.